The molecule has 1 aliphatic rings. The highest BCUT2D eigenvalue weighted by molar-refractivity contribution is 6.84. The molecule has 0 heterocycles. The predicted octanol–water partition coefficient (Wildman–Crippen LogP) is 4.06. The van der Waals surface area contributed by atoms with Gasteiger partial charge in [-0.3, -0.25) is 0 Å². The summed E-state index contributed by atoms with van der Waals surface area (Å²) < 4.78 is 0. The van der Waals surface area contributed by atoms with E-state index in [1.165, 1.54) is 11.1 Å². The monoisotopic (exact) mass is 202 g/mol. The van der Waals surface area contributed by atoms with E-state index in [0.717, 1.165) is 0 Å². The average Bonchev–Trinajstić information content (AvgIpc) is 2.44. The van der Waals surface area contributed by atoms with Gasteiger partial charge in [0.25, 0.3) is 0 Å². The van der Waals surface area contributed by atoms with Crippen molar-refractivity contribution in [3.8, 4) is 0 Å². The molecule has 0 aliphatic heterocycles. The van der Waals surface area contributed by atoms with Gasteiger partial charge in [-0.2, -0.15) is 0 Å². The quantitative estimate of drug-likeness (QED) is 0.602. The molecule has 1 aromatic rings. The lowest BCUT2D eigenvalue weighted by Crippen LogP contribution is -2.25. The summed E-state index contributed by atoms with van der Waals surface area (Å²) in [7, 11) is -1.12. The molecule has 0 amide bonds. The lowest BCUT2D eigenvalue weighted by molar-refractivity contribution is 0.959. The molecule has 1 unspecified atom stereocenters. The third kappa shape index (κ3) is 1.46. The van der Waals surface area contributed by atoms with Gasteiger partial charge in [0.2, 0.25) is 0 Å². The molecule has 74 valence electrons. The summed E-state index contributed by atoms with van der Waals surface area (Å²) in [5, 5.41) is 1.69. The van der Waals surface area contributed by atoms with Gasteiger partial charge in [0.15, 0.2) is 0 Å². The normalized spacial score (nSPS) is 20.6. The first-order valence-electron chi connectivity index (χ1n) is 5.31. The van der Waals surface area contributed by atoms with Crippen molar-refractivity contribution in [2.45, 2.75) is 32.5 Å². The minimum absolute atomic E-state index is 0.651. The van der Waals surface area contributed by atoms with Gasteiger partial charge >= 0.3 is 0 Å². The Morgan fingerprint density at radius 3 is 2.29 bits per heavy atom. The van der Waals surface area contributed by atoms with Gasteiger partial charge in [-0.15, -0.1) is 0 Å². The van der Waals surface area contributed by atoms with Gasteiger partial charge in [-0.05, 0) is 17.0 Å². The molecule has 1 aliphatic carbocycles. The fraction of sp³-hybridized carbons (Fsp3) is 0.385. The van der Waals surface area contributed by atoms with E-state index in [9.17, 15) is 0 Å². The van der Waals surface area contributed by atoms with E-state index in [1.807, 2.05) is 0 Å². The maximum absolute atomic E-state index is 2.43. The van der Waals surface area contributed by atoms with Crippen LogP contribution in [0.1, 0.15) is 24.0 Å². The largest absolute Gasteiger partial charge is 0.0734 e. The highest BCUT2D eigenvalue weighted by atomic mass is 28.3. The van der Waals surface area contributed by atoms with Gasteiger partial charge in [-0.25, -0.2) is 0 Å². The first kappa shape index (κ1) is 9.72. The van der Waals surface area contributed by atoms with Crippen LogP contribution in [0.3, 0.4) is 0 Å². The first-order valence-corrected chi connectivity index (χ1v) is 8.81. The van der Waals surface area contributed by atoms with Crippen LogP contribution in [-0.4, -0.2) is 8.07 Å². The summed E-state index contributed by atoms with van der Waals surface area (Å²) in [6.07, 6.45) is 2.42. The smallest absolute Gasteiger partial charge is 0.0732 e. The number of hydrogen-bond acceptors (Lipinski definition) is 0. The van der Waals surface area contributed by atoms with Crippen molar-refractivity contribution in [2.75, 3.05) is 0 Å². The third-order valence-corrected chi connectivity index (χ3v) is 5.42. The van der Waals surface area contributed by atoms with Crippen LogP contribution < -0.4 is 0 Å². The number of hydrogen-bond donors (Lipinski definition) is 0. The first-order chi connectivity index (χ1) is 6.50. The lowest BCUT2D eigenvalue weighted by Gasteiger charge is -2.23. The van der Waals surface area contributed by atoms with E-state index in [0.29, 0.717) is 5.92 Å². The topological polar surface area (TPSA) is 0 Å². The SMILES string of the molecule is CC1C([Si](C)(C)C)=Cc2ccccc21. The van der Waals surface area contributed by atoms with Crippen LogP contribution in [0.15, 0.2) is 29.5 Å². The second kappa shape index (κ2) is 3.09. The zero-order valence-corrected chi connectivity index (χ0v) is 10.5. The molecule has 1 atom stereocenters. The van der Waals surface area contributed by atoms with Crippen molar-refractivity contribution < 1.29 is 0 Å². The van der Waals surface area contributed by atoms with Crippen LogP contribution in [0, 0.1) is 0 Å². The Kier molecular flexibility index (Phi) is 2.15. The van der Waals surface area contributed by atoms with Crippen LogP contribution in [-0.2, 0) is 0 Å². The molecule has 14 heavy (non-hydrogen) atoms. The molecule has 0 N–H and O–H groups in total. The number of rotatable bonds is 1. The molecule has 0 saturated carbocycles. The van der Waals surface area contributed by atoms with Crippen LogP contribution in [0.2, 0.25) is 19.6 Å². The van der Waals surface area contributed by atoms with E-state index in [4.69, 9.17) is 0 Å². The molecular formula is C13H18Si. The van der Waals surface area contributed by atoms with Crippen LogP contribution in [0.25, 0.3) is 6.08 Å². The fourth-order valence-corrected chi connectivity index (χ4v) is 4.41. The fourth-order valence-electron chi connectivity index (χ4n) is 2.36. The summed E-state index contributed by atoms with van der Waals surface area (Å²) >= 11 is 0. The summed E-state index contributed by atoms with van der Waals surface area (Å²) in [5.41, 5.74) is 2.96. The van der Waals surface area contributed by atoms with E-state index < -0.39 is 8.07 Å². The van der Waals surface area contributed by atoms with E-state index in [2.05, 4.69) is 56.9 Å². The zero-order chi connectivity index (χ0) is 10.3. The van der Waals surface area contributed by atoms with Crippen molar-refractivity contribution in [1.29, 1.82) is 0 Å². The number of benzene rings is 1. The molecule has 0 aromatic heterocycles. The highest BCUT2D eigenvalue weighted by Crippen LogP contribution is 2.40. The van der Waals surface area contributed by atoms with Crippen molar-refractivity contribution in [3.63, 3.8) is 0 Å². The third-order valence-electron chi connectivity index (χ3n) is 3.11. The maximum Gasteiger partial charge on any atom is 0.0732 e. The summed E-state index contributed by atoms with van der Waals surface area (Å²) in [6.45, 7) is 9.64. The van der Waals surface area contributed by atoms with Gasteiger partial charge in [0.1, 0.15) is 0 Å². The lowest BCUT2D eigenvalue weighted by atomic mass is 10.0. The molecule has 1 aromatic carbocycles. The molecule has 0 bridgehead atoms. The maximum atomic E-state index is 2.43. The van der Waals surface area contributed by atoms with E-state index >= 15 is 0 Å². The predicted molar refractivity (Wildman–Crippen MR) is 66.2 cm³/mol. The number of fused-ring (bicyclic) bond motifs is 1. The van der Waals surface area contributed by atoms with Crippen molar-refractivity contribution >= 4 is 14.1 Å². The van der Waals surface area contributed by atoms with Crippen molar-refractivity contribution in [1.82, 2.24) is 0 Å². The minimum Gasteiger partial charge on any atom is -0.0734 e. The van der Waals surface area contributed by atoms with E-state index in [-0.39, 0.29) is 0 Å². The van der Waals surface area contributed by atoms with E-state index in [1.54, 1.807) is 5.20 Å². The highest BCUT2D eigenvalue weighted by Gasteiger charge is 2.29. The molecular weight excluding hydrogens is 184 g/mol. The Morgan fingerprint density at radius 1 is 1.07 bits per heavy atom. The van der Waals surface area contributed by atoms with Crippen molar-refractivity contribution in [3.05, 3.63) is 40.6 Å². The Morgan fingerprint density at radius 2 is 1.71 bits per heavy atom. The van der Waals surface area contributed by atoms with Crippen LogP contribution in [0.5, 0.6) is 0 Å². The Labute approximate surface area is 87.7 Å². The summed E-state index contributed by atoms with van der Waals surface area (Å²) in [5.74, 6) is 0.651. The Balaban J connectivity index is 2.47. The van der Waals surface area contributed by atoms with Crippen LogP contribution in [0.4, 0.5) is 0 Å². The van der Waals surface area contributed by atoms with Crippen molar-refractivity contribution in [2.24, 2.45) is 0 Å². The average molecular weight is 202 g/mol. The van der Waals surface area contributed by atoms with Gasteiger partial charge < -0.3 is 0 Å². The Hall–Kier alpha value is -0.823. The molecule has 2 rings (SSSR count). The standard InChI is InChI=1S/C13H18Si/c1-10-12-8-6-5-7-11(12)9-13(10)14(2,3)4/h5-10H,1-4H3. The van der Waals surface area contributed by atoms with Gasteiger partial charge in [0, 0.05) is 0 Å². The second-order valence-corrected chi connectivity index (χ2v) is 10.3. The Bertz CT molecular complexity index is 382. The van der Waals surface area contributed by atoms with Crippen LogP contribution >= 0.6 is 0 Å². The van der Waals surface area contributed by atoms with Gasteiger partial charge in [0.05, 0.1) is 8.07 Å². The number of allylic oxidation sites excluding steroid dienone is 1. The second-order valence-electron chi connectivity index (χ2n) is 5.20. The summed E-state index contributed by atoms with van der Waals surface area (Å²) in [4.78, 5) is 0. The summed E-state index contributed by atoms with van der Waals surface area (Å²) in [6, 6.07) is 8.79. The molecule has 0 spiro atoms. The molecule has 0 fully saturated rings. The molecule has 0 nitrogen and oxygen atoms in total. The molecule has 0 saturated heterocycles. The molecule has 1 heteroatoms. The zero-order valence-electron chi connectivity index (χ0n) is 9.46. The van der Waals surface area contributed by atoms with Gasteiger partial charge in [-0.1, -0.05) is 62.1 Å². The minimum atomic E-state index is -1.12. The molecule has 0 radical (unpaired) electrons.